The average Bonchev–Trinajstić information content (AvgIpc) is 2.73. The van der Waals surface area contributed by atoms with Gasteiger partial charge in [0.05, 0.1) is 30.4 Å². The van der Waals surface area contributed by atoms with Crippen molar-refractivity contribution < 1.29 is 34.3 Å². The van der Waals surface area contributed by atoms with Gasteiger partial charge in [-0.1, -0.05) is 0 Å². The number of ether oxygens (including phenoxy) is 2. The number of carbonyl (C=O) groups is 2. The van der Waals surface area contributed by atoms with Crippen molar-refractivity contribution >= 4 is 34.5 Å². The van der Waals surface area contributed by atoms with Gasteiger partial charge in [0.25, 0.3) is 10.8 Å². The van der Waals surface area contributed by atoms with E-state index in [2.05, 4.69) is 15.8 Å². The van der Waals surface area contributed by atoms with Gasteiger partial charge in [-0.25, -0.2) is 5.21 Å². The number of anilines is 2. The van der Waals surface area contributed by atoms with Crippen molar-refractivity contribution in [1.29, 1.82) is 0 Å². The molecule has 11 heteroatoms. The zero-order valence-electron chi connectivity index (χ0n) is 16.3. The van der Waals surface area contributed by atoms with Gasteiger partial charge in [0.1, 0.15) is 12.4 Å². The number of methoxy groups -OCH3 is 1. The van der Waals surface area contributed by atoms with E-state index in [0.29, 0.717) is 11.4 Å². The summed E-state index contributed by atoms with van der Waals surface area (Å²) in [5.41, 5.74) is 2.75. The second-order valence-corrected chi connectivity index (χ2v) is 5.84. The molecule has 4 N–H and O–H groups in total. The highest BCUT2D eigenvalue weighted by molar-refractivity contribution is 6.67. The van der Waals surface area contributed by atoms with E-state index >= 15 is 0 Å². The van der Waals surface area contributed by atoms with Crippen molar-refractivity contribution in [1.82, 2.24) is 0 Å². The van der Waals surface area contributed by atoms with Crippen LogP contribution in [0, 0.1) is 4.91 Å². The van der Waals surface area contributed by atoms with Crippen molar-refractivity contribution in [2.24, 2.45) is 5.10 Å². The molecule has 0 saturated heterocycles. The molecule has 0 spiro atoms. The molecule has 30 heavy (non-hydrogen) atoms. The maximum absolute atomic E-state index is 12.5. The Morgan fingerprint density at radius 2 is 1.87 bits per heavy atom. The van der Waals surface area contributed by atoms with E-state index in [4.69, 9.17) is 19.8 Å². The molecular formula is C19H21N4O7+. The number of Topliss-reactive ketones (excluding diaryl/α,β-unsaturated/α-hetero) is 1. The maximum atomic E-state index is 12.5. The predicted octanol–water partition coefficient (Wildman–Crippen LogP) is 1.86. The largest absolute Gasteiger partial charge is 0.494 e. The lowest BCUT2D eigenvalue weighted by atomic mass is 10.2. The van der Waals surface area contributed by atoms with Crippen LogP contribution in [0.15, 0.2) is 47.6 Å². The molecule has 0 fully saturated rings. The van der Waals surface area contributed by atoms with Crippen LogP contribution in [0.3, 0.4) is 0 Å². The predicted molar refractivity (Wildman–Crippen MR) is 107 cm³/mol. The number of hydrazone groups is 1. The standard InChI is InChI=1S/C19H20N4O7/c1-12(25)18(19(26)20-13-3-6-15(7-4-13)30-10-9-24)22-21-16-8-5-14(23(27)28)11-17(16)29-2/h3-8,11,24H,9-10H2,1-2H3,(H2-,20,21,25,26,27,28)/p+1. The van der Waals surface area contributed by atoms with Crippen LogP contribution in [0.2, 0.25) is 0 Å². The molecule has 1 amide bonds. The van der Waals surface area contributed by atoms with Crippen LogP contribution < -0.4 is 20.2 Å². The highest BCUT2D eigenvalue weighted by Gasteiger charge is 2.19. The molecule has 2 rings (SSSR count). The number of hydrogen-bond acceptors (Lipinski definition) is 8. The third-order valence-corrected chi connectivity index (χ3v) is 3.71. The molecule has 2 aromatic carbocycles. The fraction of sp³-hybridized carbons (Fsp3) is 0.211. The van der Waals surface area contributed by atoms with E-state index in [0.717, 1.165) is 0 Å². The van der Waals surface area contributed by atoms with E-state index in [9.17, 15) is 14.5 Å². The summed E-state index contributed by atoms with van der Waals surface area (Å²) in [7, 11) is 1.34. The molecule has 0 heterocycles. The van der Waals surface area contributed by atoms with Crippen LogP contribution in [0.4, 0.5) is 17.1 Å². The topological polar surface area (TPSA) is 150 Å². The minimum absolute atomic E-state index is 0.0719. The molecule has 0 aromatic heterocycles. The first-order chi connectivity index (χ1) is 14.3. The molecule has 0 radical (unpaired) electrons. The summed E-state index contributed by atoms with van der Waals surface area (Å²) in [5.74, 6) is -0.651. The molecule has 0 aliphatic heterocycles. The average molecular weight is 417 g/mol. The molecule has 158 valence electrons. The van der Waals surface area contributed by atoms with Gasteiger partial charge in [-0.3, -0.25) is 15.0 Å². The van der Waals surface area contributed by atoms with Gasteiger partial charge in [-0.15, -0.1) is 0 Å². The van der Waals surface area contributed by atoms with Gasteiger partial charge in [0.15, 0.2) is 17.2 Å². The molecule has 0 atom stereocenters. The van der Waals surface area contributed by atoms with Crippen LogP contribution in [0.25, 0.3) is 0 Å². The molecule has 0 aliphatic rings. The minimum atomic E-state index is -0.740. The van der Waals surface area contributed by atoms with Gasteiger partial charge in [0.2, 0.25) is 0 Å². The Hall–Kier alpha value is -3.99. The zero-order chi connectivity index (χ0) is 22.1. The van der Waals surface area contributed by atoms with Gasteiger partial charge in [0, 0.05) is 18.7 Å². The third kappa shape index (κ3) is 6.01. The first kappa shape index (κ1) is 22.3. The van der Waals surface area contributed by atoms with Gasteiger partial charge in [-0.05, 0) is 30.3 Å². The highest BCUT2D eigenvalue weighted by Crippen LogP contribution is 2.28. The normalized spacial score (nSPS) is 10.8. The SMILES string of the molecule is COc1cc([N+](=O)O)ccc1N/N=C(/C(C)=O)C(=O)Nc1ccc(OCCO)cc1. The molecule has 0 unspecified atom stereocenters. The Morgan fingerprint density at radius 3 is 2.43 bits per heavy atom. The summed E-state index contributed by atoms with van der Waals surface area (Å²) >= 11 is 0. The Labute approximate surface area is 171 Å². The van der Waals surface area contributed by atoms with Crippen LogP contribution in [0.5, 0.6) is 11.5 Å². The first-order valence-electron chi connectivity index (χ1n) is 8.69. The lowest BCUT2D eigenvalue weighted by Gasteiger charge is -2.10. The number of rotatable bonds is 10. The van der Waals surface area contributed by atoms with Crippen LogP contribution in [0.1, 0.15) is 6.92 Å². The number of amides is 1. The number of benzene rings is 2. The summed E-state index contributed by atoms with van der Waals surface area (Å²) in [5, 5.41) is 24.1. The monoisotopic (exact) mass is 417 g/mol. The van der Waals surface area contributed by atoms with Gasteiger partial charge < -0.3 is 19.9 Å². The summed E-state index contributed by atoms with van der Waals surface area (Å²) in [6, 6.07) is 10.3. The fourth-order valence-corrected chi connectivity index (χ4v) is 2.29. The Morgan fingerprint density at radius 1 is 1.17 bits per heavy atom. The van der Waals surface area contributed by atoms with Crippen LogP contribution in [-0.2, 0) is 9.59 Å². The summed E-state index contributed by atoms with van der Waals surface area (Å²) in [6.45, 7) is 1.22. The Kier molecular flexibility index (Phi) is 7.82. The number of nitrogens with zero attached hydrogens (tertiary/aromatic N) is 2. The van der Waals surface area contributed by atoms with Gasteiger partial charge >= 0.3 is 5.69 Å². The van der Waals surface area contributed by atoms with E-state index in [1.165, 1.54) is 32.2 Å². The number of hydrogen-bond donors (Lipinski definition) is 4. The summed E-state index contributed by atoms with van der Waals surface area (Å²) in [6.07, 6.45) is 0. The fourth-order valence-electron chi connectivity index (χ4n) is 2.29. The van der Waals surface area contributed by atoms with Crippen molar-refractivity contribution in [2.45, 2.75) is 6.92 Å². The van der Waals surface area contributed by atoms with Crippen LogP contribution >= 0.6 is 0 Å². The third-order valence-electron chi connectivity index (χ3n) is 3.71. The molecule has 0 aliphatic carbocycles. The molecule has 2 aromatic rings. The molecule has 0 bridgehead atoms. The summed E-state index contributed by atoms with van der Waals surface area (Å²) in [4.78, 5) is 35.0. The second kappa shape index (κ2) is 10.5. The number of ketones is 1. The lowest BCUT2D eigenvalue weighted by Crippen LogP contribution is -2.29. The number of aliphatic hydroxyl groups is 1. The first-order valence-corrected chi connectivity index (χ1v) is 8.69. The van der Waals surface area contributed by atoms with E-state index in [-0.39, 0.29) is 35.3 Å². The van der Waals surface area contributed by atoms with Crippen molar-refractivity contribution in [2.75, 3.05) is 31.1 Å². The van der Waals surface area contributed by atoms with Crippen LogP contribution in [-0.4, -0.2) is 53.0 Å². The zero-order valence-corrected chi connectivity index (χ0v) is 16.3. The molecular weight excluding hydrogens is 396 g/mol. The molecule has 11 nitrogen and oxygen atoms in total. The lowest BCUT2D eigenvalue weighted by molar-refractivity contribution is -0.729. The van der Waals surface area contributed by atoms with Crippen molar-refractivity contribution in [3.8, 4) is 11.5 Å². The number of aliphatic hydroxyl groups excluding tert-OH is 1. The summed E-state index contributed by atoms with van der Waals surface area (Å²) < 4.78 is 10.3. The van der Waals surface area contributed by atoms with Crippen molar-refractivity contribution in [3.63, 3.8) is 0 Å². The van der Waals surface area contributed by atoms with E-state index in [1.807, 2.05) is 0 Å². The quantitative estimate of drug-likeness (QED) is 0.260. The number of nitrogens with one attached hydrogen (secondary N) is 2. The Balaban J connectivity index is 2.15. The van der Waals surface area contributed by atoms with E-state index < -0.39 is 17.4 Å². The smallest absolute Gasteiger partial charge is 0.320 e. The molecule has 0 saturated carbocycles. The maximum Gasteiger partial charge on any atom is 0.320 e. The van der Waals surface area contributed by atoms with Crippen molar-refractivity contribution in [3.05, 3.63) is 47.4 Å². The van der Waals surface area contributed by atoms with Gasteiger partial charge in [-0.2, -0.15) is 5.10 Å². The highest BCUT2D eigenvalue weighted by atomic mass is 16.6. The second-order valence-electron chi connectivity index (χ2n) is 5.84. The van der Waals surface area contributed by atoms with E-state index in [1.54, 1.807) is 24.3 Å². The minimum Gasteiger partial charge on any atom is -0.494 e. The number of carbonyl (C=O) groups excluding carboxylic acids is 2. The Bertz CT molecular complexity index is 958.